The van der Waals surface area contributed by atoms with E-state index < -0.39 is 9.84 Å². The highest BCUT2D eigenvalue weighted by atomic mass is 32.2. The van der Waals surface area contributed by atoms with Crippen molar-refractivity contribution in [2.24, 2.45) is 11.8 Å². The van der Waals surface area contributed by atoms with Crippen LogP contribution in [-0.4, -0.2) is 33.5 Å². The average Bonchev–Trinajstić information content (AvgIpc) is 2.01. The summed E-state index contributed by atoms with van der Waals surface area (Å²) >= 11 is 0. The molecule has 1 N–H and O–H groups in total. The number of hydrogen-bond donors (Lipinski definition) is 1. The van der Waals surface area contributed by atoms with Crippen molar-refractivity contribution in [3.05, 3.63) is 0 Å². The van der Waals surface area contributed by atoms with Gasteiger partial charge >= 0.3 is 0 Å². The van der Waals surface area contributed by atoms with Crippen LogP contribution in [0.15, 0.2) is 0 Å². The van der Waals surface area contributed by atoms with Crippen LogP contribution in [0.25, 0.3) is 0 Å². The van der Waals surface area contributed by atoms with E-state index in [0.29, 0.717) is 11.7 Å². The summed E-state index contributed by atoms with van der Waals surface area (Å²) in [4.78, 5) is 0. The molecule has 0 radical (unpaired) electrons. The van der Waals surface area contributed by atoms with Crippen molar-refractivity contribution in [1.29, 1.82) is 0 Å². The molecule has 1 rings (SSSR count). The van der Waals surface area contributed by atoms with Gasteiger partial charge in [-0.25, -0.2) is 8.42 Å². The number of rotatable bonds is 6. The van der Waals surface area contributed by atoms with E-state index in [1.807, 2.05) is 0 Å². The van der Waals surface area contributed by atoms with E-state index in [1.54, 1.807) is 0 Å². The van der Waals surface area contributed by atoms with Gasteiger partial charge in [0, 0.05) is 6.26 Å². The molecular formula is C10H21NO2S. The molecule has 1 aliphatic rings. The zero-order valence-corrected chi connectivity index (χ0v) is 9.94. The Morgan fingerprint density at radius 3 is 2.36 bits per heavy atom. The Labute approximate surface area is 87.2 Å². The first-order chi connectivity index (χ1) is 6.53. The topological polar surface area (TPSA) is 46.2 Å². The van der Waals surface area contributed by atoms with E-state index in [9.17, 15) is 8.42 Å². The quantitative estimate of drug-likeness (QED) is 0.726. The van der Waals surface area contributed by atoms with Crippen LogP contribution in [0.3, 0.4) is 0 Å². The first kappa shape index (κ1) is 12.0. The molecule has 2 atom stereocenters. The van der Waals surface area contributed by atoms with Gasteiger partial charge in [-0.1, -0.05) is 6.92 Å². The van der Waals surface area contributed by atoms with Gasteiger partial charge < -0.3 is 5.32 Å². The minimum atomic E-state index is -2.76. The largest absolute Gasteiger partial charge is 0.317 e. The monoisotopic (exact) mass is 219 g/mol. The molecule has 2 unspecified atom stereocenters. The van der Waals surface area contributed by atoms with E-state index in [2.05, 4.69) is 12.2 Å². The van der Waals surface area contributed by atoms with Gasteiger partial charge in [0.1, 0.15) is 9.84 Å². The highest BCUT2D eigenvalue weighted by molar-refractivity contribution is 7.90. The fraction of sp³-hybridized carbons (Fsp3) is 1.00. The lowest BCUT2D eigenvalue weighted by atomic mass is 9.72. The van der Waals surface area contributed by atoms with Crippen LogP contribution in [0.5, 0.6) is 0 Å². The van der Waals surface area contributed by atoms with Crippen LogP contribution in [0.4, 0.5) is 0 Å². The predicted octanol–water partition coefficient (Wildman–Crippen LogP) is 1.06. The van der Waals surface area contributed by atoms with Crippen LogP contribution in [0.1, 0.15) is 26.2 Å². The molecule has 84 valence electrons. The predicted molar refractivity (Wildman–Crippen MR) is 59.1 cm³/mol. The smallest absolute Gasteiger partial charge is 0.147 e. The van der Waals surface area contributed by atoms with Crippen molar-refractivity contribution in [2.75, 3.05) is 25.1 Å². The van der Waals surface area contributed by atoms with Crippen molar-refractivity contribution >= 4 is 9.84 Å². The average molecular weight is 219 g/mol. The Hall–Kier alpha value is -0.0900. The summed E-state index contributed by atoms with van der Waals surface area (Å²) in [5.74, 6) is 1.72. The van der Waals surface area contributed by atoms with Crippen LogP contribution in [0, 0.1) is 11.8 Å². The second-order valence-corrected chi connectivity index (χ2v) is 6.58. The first-order valence-electron chi connectivity index (χ1n) is 5.41. The molecule has 1 aliphatic carbocycles. The molecule has 4 heteroatoms. The van der Waals surface area contributed by atoms with Crippen LogP contribution < -0.4 is 5.32 Å². The Bertz CT molecular complexity index is 261. The molecule has 0 aromatic carbocycles. The maximum absolute atomic E-state index is 11.0. The van der Waals surface area contributed by atoms with Crippen molar-refractivity contribution in [2.45, 2.75) is 26.2 Å². The van der Waals surface area contributed by atoms with Crippen molar-refractivity contribution in [1.82, 2.24) is 5.32 Å². The van der Waals surface area contributed by atoms with E-state index in [0.717, 1.165) is 25.4 Å². The zero-order valence-electron chi connectivity index (χ0n) is 9.12. The fourth-order valence-electron chi connectivity index (χ4n) is 1.98. The standard InChI is InChI=1S/C10H21NO2S/c1-3-11-8-10-5-4-9(10)6-7-14(2,12)13/h9-11H,3-8H2,1-2H3. The van der Waals surface area contributed by atoms with E-state index in [1.165, 1.54) is 19.1 Å². The number of hydrogen-bond acceptors (Lipinski definition) is 3. The van der Waals surface area contributed by atoms with Crippen LogP contribution in [0.2, 0.25) is 0 Å². The van der Waals surface area contributed by atoms with Gasteiger partial charge in [0.15, 0.2) is 0 Å². The SMILES string of the molecule is CCNCC1CCC1CCS(C)(=O)=O. The Balaban J connectivity index is 2.19. The molecule has 0 bridgehead atoms. The van der Waals surface area contributed by atoms with Gasteiger partial charge in [-0.05, 0) is 44.2 Å². The molecule has 1 fully saturated rings. The molecule has 1 saturated carbocycles. The highest BCUT2D eigenvalue weighted by Gasteiger charge is 2.30. The third-order valence-corrected chi connectivity index (χ3v) is 4.07. The van der Waals surface area contributed by atoms with Gasteiger partial charge in [-0.15, -0.1) is 0 Å². The molecule has 0 spiro atoms. The van der Waals surface area contributed by atoms with Crippen LogP contribution >= 0.6 is 0 Å². The van der Waals surface area contributed by atoms with Crippen LogP contribution in [-0.2, 0) is 9.84 Å². The van der Waals surface area contributed by atoms with E-state index in [-0.39, 0.29) is 0 Å². The summed E-state index contributed by atoms with van der Waals surface area (Å²) in [6.07, 6.45) is 4.66. The summed E-state index contributed by atoms with van der Waals surface area (Å²) in [6.45, 7) is 4.17. The summed E-state index contributed by atoms with van der Waals surface area (Å²) in [5, 5.41) is 3.33. The Kier molecular flexibility index (Phi) is 4.38. The van der Waals surface area contributed by atoms with Gasteiger partial charge in [0.05, 0.1) is 5.75 Å². The summed E-state index contributed by atoms with van der Waals surface area (Å²) in [6, 6.07) is 0. The molecule has 14 heavy (non-hydrogen) atoms. The third-order valence-electron chi connectivity index (χ3n) is 3.09. The van der Waals surface area contributed by atoms with Crippen molar-refractivity contribution in [3.63, 3.8) is 0 Å². The third kappa shape index (κ3) is 3.96. The maximum atomic E-state index is 11.0. The lowest BCUT2D eigenvalue weighted by Gasteiger charge is -2.36. The Morgan fingerprint density at radius 1 is 1.29 bits per heavy atom. The Morgan fingerprint density at radius 2 is 1.93 bits per heavy atom. The minimum Gasteiger partial charge on any atom is -0.317 e. The highest BCUT2D eigenvalue weighted by Crippen LogP contribution is 2.36. The molecule has 0 saturated heterocycles. The lowest BCUT2D eigenvalue weighted by molar-refractivity contribution is 0.168. The normalized spacial score (nSPS) is 27.3. The molecule has 0 aromatic heterocycles. The molecule has 0 aromatic rings. The second kappa shape index (κ2) is 5.12. The van der Waals surface area contributed by atoms with Crippen molar-refractivity contribution < 1.29 is 8.42 Å². The number of nitrogens with one attached hydrogen (secondary N) is 1. The van der Waals surface area contributed by atoms with Crippen molar-refractivity contribution in [3.8, 4) is 0 Å². The lowest BCUT2D eigenvalue weighted by Crippen LogP contribution is -2.36. The minimum absolute atomic E-state index is 0.361. The van der Waals surface area contributed by atoms with Gasteiger partial charge in [0.25, 0.3) is 0 Å². The van der Waals surface area contributed by atoms with E-state index >= 15 is 0 Å². The van der Waals surface area contributed by atoms with Gasteiger partial charge in [0.2, 0.25) is 0 Å². The zero-order chi connectivity index (χ0) is 10.6. The molecule has 3 nitrogen and oxygen atoms in total. The molecule has 0 amide bonds. The summed E-state index contributed by atoms with van der Waals surface area (Å²) < 4.78 is 22.0. The number of sulfone groups is 1. The van der Waals surface area contributed by atoms with Gasteiger partial charge in [-0.3, -0.25) is 0 Å². The van der Waals surface area contributed by atoms with E-state index in [4.69, 9.17) is 0 Å². The van der Waals surface area contributed by atoms with Gasteiger partial charge in [-0.2, -0.15) is 0 Å². The molecule has 0 aliphatic heterocycles. The molecular weight excluding hydrogens is 198 g/mol. The maximum Gasteiger partial charge on any atom is 0.147 e. The molecule has 0 heterocycles. The fourth-order valence-corrected chi connectivity index (χ4v) is 2.71. The summed E-state index contributed by atoms with van der Waals surface area (Å²) in [5.41, 5.74) is 0. The second-order valence-electron chi connectivity index (χ2n) is 4.32. The summed E-state index contributed by atoms with van der Waals surface area (Å²) in [7, 11) is -2.76. The first-order valence-corrected chi connectivity index (χ1v) is 7.47.